The lowest BCUT2D eigenvalue weighted by Crippen LogP contribution is -2.47. The number of sulfonamides is 1. The minimum absolute atomic E-state index is 0.0729. The van der Waals surface area contributed by atoms with E-state index in [2.05, 4.69) is 15.0 Å². The van der Waals surface area contributed by atoms with Crippen molar-refractivity contribution in [3.8, 4) is 0 Å². The summed E-state index contributed by atoms with van der Waals surface area (Å²) in [4.78, 5) is 31.1. The first kappa shape index (κ1) is 24.3. The Bertz CT molecular complexity index is 1360. The zero-order valence-corrected chi connectivity index (χ0v) is 21.2. The predicted molar refractivity (Wildman–Crippen MR) is 135 cm³/mol. The first-order valence-corrected chi connectivity index (χ1v) is 13.5. The molecule has 4 rings (SSSR count). The molecule has 10 heteroatoms. The average Bonchev–Trinajstić information content (AvgIpc) is 3.17. The monoisotopic (exact) mass is 500 g/mol. The molecule has 0 fully saturated rings. The summed E-state index contributed by atoms with van der Waals surface area (Å²) in [5.74, 6) is -0.830. The van der Waals surface area contributed by atoms with Gasteiger partial charge < -0.3 is 10.2 Å². The van der Waals surface area contributed by atoms with Crippen molar-refractivity contribution in [2.45, 2.75) is 51.5 Å². The van der Waals surface area contributed by atoms with Crippen molar-refractivity contribution < 1.29 is 18.0 Å². The van der Waals surface area contributed by atoms with E-state index in [4.69, 9.17) is 0 Å². The molecular weight excluding hydrogens is 472 g/mol. The second-order valence-corrected chi connectivity index (χ2v) is 11.6. The number of thiazole rings is 1. The van der Waals surface area contributed by atoms with Crippen LogP contribution in [-0.2, 0) is 26.0 Å². The molecule has 0 saturated heterocycles. The Balaban J connectivity index is 1.55. The fraction of sp³-hybridized carbons (Fsp3) is 0.375. The first-order valence-electron chi connectivity index (χ1n) is 11.2. The summed E-state index contributed by atoms with van der Waals surface area (Å²) < 4.78 is 29.9. The number of anilines is 2. The number of carbonyl (C=O) groups is 2. The van der Waals surface area contributed by atoms with Crippen molar-refractivity contribution in [2.24, 2.45) is 5.92 Å². The van der Waals surface area contributed by atoms with Gasteiger partial charge in [-0.05, 0) is 67.1 Å². The van der Waals surface area contributed by atoms with Crippen LogP contribution in [0.1, 0.15) is 38.3 Å². The maximum atomic E-state index is 13.2. The highest BCUT2D eigenvalue weighted by atomic mass is 32.2. The second kappa shape index (κ2) is 9.44. The average molecular weight is 501 g/mol. The van der Waals surface area contributed by atoms with E-state index in [1.807, 2.05) is 25.1 Å². The molecule has 2 heterocycles. The zero-order chi connectivity index (χ0) is 24.6. The van der Waals surface area contributed by atoms with Gasteiger partial charge in [-0.25, -0.2) is 13.4 Å². The Hall–Kier alpha value is -2.82. The van der Waals surface area contributed by atoms with Crippen molar-refractivity contribution in [1.29, 1.82) is 0 Å². The van der Waals surface area contributed by atoms with Gasteiger partial charge in [0.15, 0.2) is 5.13 Å². The molecule has 0 bridgehead atoms. The highest BCUT2D eigenvalue weighted by Crippen LogP contribution is 2.30. The van der Waals surface area contributed by atoms with Crippen LogP contribution >= 0.6 is 11.3 Å². The summed E-state index contributed by atoms with van der Waals surface area (Å²) in [6, 6.07) is 9.59. The van der Waals surface area contributed by atoms with Gasteiger partial charge in [0.25, 0.3) is 0 Å². The van der Waals surface area contributed by atoms with Crippen LogP contribution in [0.3, 0.4) is 0 Å². The third-order valence-electron chi connectivity index (χ3n) is 5.87. The van der Waals surface area contributed by atoms with Crippen LogP contribution in [0, 0.1) is 12.8 Å². The lowest BCUT2D eigenvalue weighted by Gasteiger charge is -2.29. The van der Waals surface area contributed by atoms with Crippen LogP contribution in [-0.4, -0.2) is 37.8 Å². The van der Waals surface area contributed by atoms with Gasteiger partial charge in [0.05, 0.1) is 15.1 Å². The van der Waals surface area contributed by atoms with Gasteiger partial charge in [-0.3, -0.25) is 9.59 Å². The number of aryl methyl sites for hydroxylation is 2. The summed E-state index contributed by atoms with van der Waals surface area (Å²) >= 11 is 1.35. The largest absolute Gasteiger partial charge is 0.312 e. The van der Waals surface area contributed by atoms with Gasteiger partial charge in [0.2, 0.25) is 21.8 Å². The Labute approximate surface area is 203 Å². The van der Waals surface area contributed by atoms with Crippen LogP contribution in [0.4, 0.5) is 10.8 Å². The maximum Gasteiger partial charge on any atom is 0.244 e. The Morgan fingerprint density at radius 1 is 1.15 bits per heavy atom. The van der Waals surface area contributed by atoms with Gasteiger partial charge >= 0.3 is 0 Å². The van der Waals surface area contributed by atoms with Crippen LogP contribution in [0.25, 0.3) is 10.2 Å². The number of nitrogens with one attached hydrogen (secondary N) is 2. The molecule has 1 atom stereocenters. The number of amides is 2. The number of hydrogen-bond donors (Lipinski definition) is 2. The third-order valence-corrected chi connectivity index (χ3v) is 8.24. The van der Waals surface area contributed by atoms with E-state index in [-0.39, 0.29) is 16.7 Å². The third kappa shape index (κ3) is 4.98. The summed E-state index contributed by atoms with van der Waals surface area (Å²) in [6.07, 6.45) is 1.45. The van der Waals surface area contributed by atoms with Gasteiger partial charge in [0.1, 0.15) is 6.04 Å². The smallest absolute Gasteiger partial charge is 0.244 e. The van der Waals surface area contributed by atoms with Crippen molar-refractivity contribution in [3.63, 3.8) is 0 Å². The summed E-state index contributed by atoms with van der Waals surface area (Å²) in [5, 5.41) is 3.20. The van der Waals surface area contributed by atoms with Crippen molar-refractivity contribution in [2.75, 3.05) is 16.8 Å². The number of hydrogen-bond acceptors (Lipinski definition) is 6. The fourth-order valence-electron chi connectivity index (χ4n) is 4.06. The molecule has 0 aliphatic carbocycles. The topological polar surface area (TPSA) is 108 Å². The normalized spacial score (nSPS) is 14.8. The van der Waals surface area contributed by atoms with Crippen LogP contribution < -0.4 is 14.9 Å². The van der Waals surface area contributed by atoms with Gasteiger partial charge in [-0.2, -0.15) is 4.72 Å². The van der Waals surface area contributed by atoms with Crippen LogP contribution in [0.5, 0.6) is 0 Å². The molecule has 180 valence electrons. The first-order chi connectivity index (χ1) is 16.0. The quantitative estimate of drug-likeness (QED) is 0.535. The summed E-state index contributed by atoms with van der Waals surface area (Å²) in [5.41, 5.74) is 3.42. The molecule has 1 aliphatic rings. The highest BCUT2D eigenvalue weighted by molar-refractivity contribution is 7.89. The van der Waals surface area contributed by atoms with E-state index in [9.17, 15) is 18.0 Å². The molecule has 0 spiro atoms. The van der Waals surface area contributed by atoms with E-state index < -0.39 is 22.0 Å². The maximum absolute atomic E-state index is 13.2. The number of benzene rings is 2. The molecule has 1 aliphatic heterocycles. The van der Waals surface area contributed by atoms with Crippen molar-refractivity contribution in [1.82, 2.24) is 9.71 Å². The molecule has 0 unspecified atom stereocenters. The Morgan fingerprint density at radius 3 is 2.62 bits per heavy atom. The van der Waals surface area contributed by atoms with E-state index in [1.54, 1.807) is 30.9 Å². The van der Waals surface area contributed by atoms with Crippen LogP contribution in [0.15, 0.2) is 41.3 Å². The van der Waals surface area contributed by atoms with E-state index in [0.29, 0.717) is 18.1 Å². The SMILES string of the molecule is CC(=O)N1CCCc2cc(S(=O)(=O)N[C@@H](C(=O)Nc3nc4ccc(C)cc4s3)C(C)C)ccc21. The predicted octanol–water partition coefficient (Wildman–Crippen LogP) is 3.85. The van der Waals surface area contributed by atoms with E-state index >= 15 is 0 Å². The minimum Gasteiger partial charge on any atom is -0.312 e. The molecule has 1 aromatic heterocycles. The van der Waals surface area contributed by atoms with Gasteiger partial charge in [-0.15, -0.1) is 0 Å². The molecule has 3 aromatic rings. The van der Waals surface area contributed by atoms with Crippen molar-refractivity contribution >= 4 is 54.2 Å². The number of rotatable bonds is 6. The molecule has 8 nitrogen and oxygen atoms in total. The lowest BCUT2D eigenvalue weighted by molar-refractivity contribution is -0.118. The number of aromatic nitrogens is 1. The number of carbonyl (C=O) groups excluding carboxylic acids is 2. The van der Waals surface area contributed by atoms with E-state index in [0.717, 1.165) is 33.5 Å². The van der Waals surface area contributed by atoms with Gasteiger partial charge in [0, 0.05) is 19.2 Å². The summed E-state index contributed by atoms with van der Waals surface area (Å²) in [7, 11) is -3.97. The van der Waals surface area contributed by atoms with Crippen molar-refractivity contribution in [3.05, 3.63) is 47.5 Å². The number of nitrogens with zero attached hydrogens (tertiary/aromatic N) is 2. The molecule has 34 heavy (non-hydrogen) atoms. The zero-order valence-electron chi connectivity index (χ0n) is 19.6. The Morgan fingerprint density at radius 2 is 1.91 bits per heavy atom. The molecular formula is C24H28N4O4S2. The summed E-state index contributed by atoms with van der Waals surface area (Å²) in [6.45, 7) is 7.67. The second-order valence-electron chi connectivity index (χ2n) is 8.89. The van der Waals surface area contributed by atoms with Crippen LogP contribution in [0.2, 0.25) is 0 Å². The minimum atomic E-state index is -3.97. The highest BCUT2D eigenvalue weighted by Gasteiger charge is 2.30. The Kier molecular flexibility index (Phi) is 6.75. The molecule has 2 N–H and O–H groups in total. The number of fused-ring (bicyclic) bond motifs is 2. The fourth-order valence-corrected chi connectivity index (χ4v) is 6.42. The lowest BCUT2D eigenvalue weighted by atomic mass is 10.0. The standard InChI is InChI=1S/C24H28N4O4S2/c1-14(2)22(23(30)26-24-25-19-9-7-15(3)12-21(19)33-24)27-34(31,32)18-8-10-20-17(13-18)6-5-11-28(20)16(4)29/h7-10,12-14,22,27H,5-6,11H2,1-4H3,(H,25,26,30)/t22-/m1/s1. The molecule has 2 amide bonds. The van der Waals surface area contributed by atoms with E-state index in [1.165, 1.54) is 24.3 Å². The van der Waals surface area contributed by atoms with Gasteiger partial charge in [-0.1, -0.05) is 31.3 Å². The molecule has 2 aromatic carbocycles. The molecule has 0 radical (unpaired) electrons. The molecule has 0 saturated carbocycles.